The van der Waals surface area contributed by atoms with Crippen molar-refractivity contribution >= 4 is 15.9 Å². The van der Waals surface area contributed by atoms with Gasteiger partial charge < -0.3 is 0 Å². The molecule has 0 fully saturated rings. The number of nitroso groups, excluding NO2 is 1. The Morgan fingerprint density at radius 3 is 3.08 bits per heavy atom. The average molecular weight is 225 g/mol. The number of hydrogen-bond acceptors (Lipinski definition) is 1. The molecule has 0 saturated heterocycles. The minimum absolute atomic E-state index is 0.128. The zero-order valence-electron chi connectivity index (χ0n) is 6.27. The molecule has 0 aromatic carbocycles. The predicted molar refractivity (Wildman–Crippen MR) is 50.8 cm³/mol. The Labute approximate surface area is 78.7 Å². The highest BCUT2D eigenvalue weighted by atomic mass is 79.9. The van der Waals surface area contributed by atoms with E-state index in [1.807, 2.05) is 30.4 Å². The summed E-state index contributed by atoms with van der Waals surface area (Å²) >= 11 is 3.28. The monoisotopic (exact) mass is 224 g/mol. The second-order valence-corrected chi connectivity index (χ2v) is 3.62. The molecule has 1 atom stereocenters. The van der Waals surface area contributed by atoms with Gasteiger partial charge >= 0.3 is 0 Å². The van der Waals surface area contributed by atoms with Gasteiger partial charge in [-0.1, -0.05) is 18.2 Å². The lowest BCUT2D eigenvalue weighted by atomic mass is 10.00. The third-order valence-corrected chi connectivity index (χ3v) is 2.30. The van der Waals surface area contributed by atoms with E-state index in [4.69, 9.17) is 0 Å². The number of nitrogens with zero attached hydrogens (tertiary/aromatic N) is 1. The summed E-state index contributed by atoms with van der Waals surface area (Å²) in [7, 11) is 0. The van der Waals surface area contributed by atoms with Gasteiger partial charge in [0.15, 0.2) is 0 Å². The maximum atomic E-state index is 11.3. The highest BCUT2D eigenvalue weighted by Gasteiger charge is 2.29. The Bertz CT molecular complexity index is 350. The highest BCUT2D eigenvalue weighted by molar-refractivity contribution is 9.11. The maximum Gasteiger partial charge on any atom is 0.251 e. The highest BCUT2D eigenvalue weighted by Crippen LogP contribution is 2.24. The Kier molecular flexibility index (Phi) is 1.81. The van der Waals surface area contributed by atoms with Gasteiger partial charge in [-0.2, -0.15) is 0 Å². The average Bonchev–Trinajstić information content (AvgIpc) is 2.04. The minimum Gasteiger partial charge on any atom is -0.0618 e. The van der Waals surface area contributed by atoms with E-state index in [1.165, 1.54) is 6.20 Å². The molecule has 0 aromatic rings. The van der Waals surface area contributed by atoms with E-state index >= 15 is 0 Å². The van der Waals surface area contributed by atoms with Crippen LogP contribution in [0.4, 0.5) is 0 Å². The molecule has 1 aliphatic carbocycles. The summed E-state index contributed by atoms with van der Waals surface area (Å²) in [5, 5.41) is 0. The van der Waals surface area contributed by atoms with Gasteiger partial charge in [0.05, 0.1) is 4.48 Å². The summed E-state index contributed by atoms with van der Waals surface area (Å²) in [6, 6.07) is -0.128. The van der Waals surface area contributed by atoms with Gasteiger partial charge in [0, 0.05) is 15.2 Å². The molecule has 0 saturated carbocycles. The van der Waals surface area contributed by atoms with Crippen molar-refractivity contribution in [1.29, 1.82) is 0 Å². The molecular formula is C9H7BrNO+. The lowest BCUT2D eigenvalue weighted by Gasteiger charge is -2.10. The fourth-order valence-corrected chi connectivity index (χ4v) is 1.78. The molecule has 60 valence electrons. The Balaban J connectivity index is 2.45. The molecule has 2 nitrogen and oxygen atoms in total. The first-order chi connectivity index (χ1) is 5.77. The molecule has 1 unspecified atom stereocenters. The quantitative estimate of drug-likeness (QED) is 0.579. The van der Waals surface area contributed by atoms with Crippen LogP contribution in [0.5, 0.6) is 0 Å². The molecular weight excluding hydrogens is 218 g/mol. The number of allylic oxidation sites excluding steroid dienone is 4. The van der Waals surface area contributed by atoms with Crippen LogP contribution in [0.2, 0.25) is 0 Å². The largest absolute Gasteiger partial charge is 0.251 e. The number of hydrogen-bond donors (Lipinski definition) is 0. The standard InChI is InChI=1S/C9H7BrNO/c10-8-5-7-3-1-2-4-9(7)11(12)6-8/h1-6,9H/q+1. The maximum absolute atomic E-state index is 11.3. The minimum atomic E-state index is -0.128. The van der Waals surface area contributed by atoms with Crippen LogP contribution in [-0.2, 0) is 0 Å². The second-order valence-electron chi connectivity index (χ2n) is 2.71. The molecule has 0 aromatic heterocycles. The Hall–Kier alpha value is -0.960. The van der Waals surface area contributed by atoms with Crippen LogP contribution in [0.1, 0.15) is 0 Å². The van der Waals surface area contributed by atoms with Crippen LogP contribution in [0.3, 0.4) is 0 Å². The molecule has 1 heterocycles. The van der Waals surface area contributed by atoms with E-state index in [1.54, 1.807) is 0 Å². The first-order valence-electron chi connectivity index (χ1n) is 3.66. The second kappa shape index (κ2) is 2.83. The molecule has 2 aliphatic rings. The van der Waals surface area contributed by atoms with Gasteiger partial charge in [-0.05, 0) is 28.1 Å². The van der Waals surface area contributed by atoms with Gasteiger partial charge in [0.1, 0.15) is 0 Å². The van der Waals surface area contributed by atoms with E-state index in [9.17, 15) is 4.91 Å². The summed E-state index contributed by atoms with van der Waals surface area (Å²) in [6.07, 6.45) is 11.1. The third kappa shape index (κ3) is 1.20. The summed E-state index contributed by atoms with van der Waals surface area (Å²) in [5.74, 6) is 0. The van der Waals surface area contributed by atoms with Crippen molar-refractivity contribution in [3.63, 3.8) is 0 Å². The summed E-state index contributed by atoms with van der Waals surface area (Å²) in [5.41, 5.74) is 1.03. The lowest BCUT2D eigenvalue weighted by Crippen LogP contribution is -2.23. The number of fused-ring (bicyclic) bond motifs is 1. The normalized spacial score (nSPS) is 26.4. The zero-order chi connectivity index (χ0) is 8.55. The smallest absolute Gasteiger partial charge is 0.0618 e. The van der Waals surface area contributed by atoms with E-state index in [2.05, 4.69) is 15.9 Å². The van der Waals surface area contributed by atoms with Crippen molar-refractivity contribution in [1.82, 2.24) is 0 Å². The van der Waals surface area contributed by atoms with Crippen LogP contribution in [0, 0.1) is 4.91 Å². The van der Waals surface area contributed by atoms with Gasteiger partial charge in [0.2, 0.25) is 6.20 Å². The van der Waals surface area contributed by atoms with Gasteiger partial charge in [-0.3, -0.25) is 0 Å². The van der Waals surface area contributed by atoms with Gasteiger partial charge in [-0.25, -0.2) is 0 Å². The topological polar surface area (TPSA) is 20.1 Å². The summed E-state index contributed by atoms with van der Waals surface area (Å²) in [4.78, 5) is 11.3. The SMILES string of the molecule is O=[N+]1C=C(Br)C=C2C=CC=CC21. The van der Waals surface area contributed by atoms with Crippen molar-refractivity contribution in [2.45, 2.75) is 6.04 Å². The van der Waals surface area contributed by atoms with Crippen molar-refractivity contribution in [3.05, 3.63) is 51.5 Å². The van der Waals surface area contributed by atoms with Crippen LogP contribution in [0.15, 0.2) is 46.6 Å². The summed E-state index contributed by atoms with van der Waals surface area (Å²) in [6.45, 7) is 0. The van der Waals surface area contributed by atoms with E-state index in [0.717, 1.165) is 14.8 Å². The Morgan fingerprint density at radius 2 is 2.25 bits per heavy atom. The van der Waals surface area contributed by atoms with Crippen molar-refractivity contribution in [3.8, 4) is 0 Å². The van der Waals surface area contributed by atoms with Crippen LogP contribution < -0.4 is 0 Å². The lowest BCUT2D eigenvalue weighted by molar-refractivity contribution is -0.499. The molecule has 0 bridgehead atoms. The fraction of sp³-hybridized carbons (Fsp3) is 0.111. The molecule has 3 heteroatoms. The molecule has 0 radical (unpaired) electrons. The zero-order valence-corrected chi connectivity index (χ0v) is 7.86. The molecule has 12 heavy (non-hydrogen) atoms. The predicted octanol–water partition coefficient (Wildman–Crippen LogP) is 2.44. The van der Waals surface area contributed by atoms with Crippen molar-refractivity contribution < 1.29 is 4.76 Å². The molecule has 0 spiro atoms. The van der Waals surface area contributed by atoms with E-state index < -0.39 is 0 Å². The molecule has 1 aliphatic heterocycles. The van der Waals surface area contributed by atoms with Gasteiger partial charge in [0.25, 0.3) is 6.04 Å². The van der Waals surface area contributed by atoms with E-state index in [-0.39, 0.29) is 6.04 Å². The van der Waals surface area contributed by atoms with Crippen molar-refractivity contribution in [2.75, 3.05) is 0 Å². The van der Waals surface area contributed by atoms with Crippen LogP contribution >= 0.6 is 15.9 Å². The van der Waals surface area contributed by atoms with E-state index in [0.29, 0.717) is 0 Å². The van der Waals surface area contributed by atoms with Crippen LogP contribution in [0.25, 0.3) is 0 Å². The number of halogens is 1. The van der Waals surface area contributed by atoms with Crippen LogP contribution in [-0.4, -0.2) is 10.8 Å². The molecule has 0 N–H and O–H groups in total. The third-order valence-electron chi connectivity index (χ3n) is 1.86. The fourth-order valence-electron chi connectivity index (χ4n) is 1.31. The van der Waals surface area contributed by atoms with Crippen molar-refractivity contribution in [2.24, 2.45) is 0 Å². The molecule has 0 amide bonds. The summed E-state index contributed by atoms with van der Waals surface area (Å²) < 4.78 is 1.77. The first kappa shape index (κ1) is 7.68. The number of rotatable bonds is 0. The van der Waals surface area contributed by atoms with Gasteiger partial charge in [-0.15, -0.1) is 0 Å². The Morgan fingerprint density at radius 1 is 1.42 bits per heavy atom. The first-order valence-corrected chi connectivity index (χ1v) is 4.46. The molecule has 2 rings (SSSR count).